The molecule has 2 heterocycles. The fraction of sp³-hybridized carbons (Fsp3) is 0.143. The van der Waals surface area contributed by atoms with Crippen LogP contribution in [0, 0.1) is 6.42 Å². The average molecular weight is 119 g/mol. The molecule has 0 fully saturated rings. The SMILES string of the molecule is [CH]1CNc2cnccc21. The van der Waals surface area contributed by atoms with Gasteiger partial charge in [0.2, 0.25) is 0 Å². The van der Waals surface area contributed by atoms with Crippen LogP contribution in [0.25, 0.3) is 0 Å². The van der Waals surface area contributed by atoms with Crippen molar-refractivity contribution in [3.8, 4) is 0 Å². The first-order valence-corrected chi connectivity index (χ1v) is 2.98. The van der Waals surface area contributed by atoms with Gasteiger partial charge >= 0.3 is 0 Å². The molecule has 0 amide bonds. The summed E-state index contributed by atoms with van der Waals surface area (Å²) in [5.41, 5.74) is 2.42. The predicted octanol–water partition coefficient (Wildman–Crippen LogP) is 1.06. The molecule has 1 aliphatic rings. The van der Waals surface area contributed by atoms with E-state index in [1.807, 2.05) is 18.5 Å². The van der Waals surface area contributed by atoms with E-state index in [9.17, 15) is 0 Å². The molecule has 0 saturated heterocycles. The summed E-state index contributed by atoms with van der Waals surface area (Å²) in [6.07, 6.45) is 5.80. The summed E-state index contributed by atoms with van der Waals surface area (Å²) in [6.45, 7) is 0.945. The molecule has 45 valence electrons. The topological polar surface area (TPSA) is 24.9 Å². The molecule has 2 nitrogen and oxygen atoms in total. The molecule has 1 aliphatic heterocycles. The third kappa shape index (κ3) is 0.669. The Kier molecular flexibility index (Phi) is 0.918. The zero-order valence-electron chi connectivity index (χ0n) is 4.96. The molecular weight excluding hydrogens is 112 g/mol. The number of pyridine rings is 1. The summed E-state index contributed by atoms with van der Waals surface area (Å²) < 4.78 is 0. The van der Waals surface area contributed by atoms with E-state index in [0.717, 1.165) is 12.2 Å². The van der Waals surface area contributed by atoms with Gasteiger partial charge in [-0.2, -0.15) is 0 Å². The van der Waals surface area contributed by atoms with Gasteiger partial charge in [0.1, 0.15) is 0 Å². The molecule has 0 atom stereocenters. The number of nitrogens with zero attached hydrogens (tertiary/aromatic N) is 1. The largest absolute Gasteiger partial charge is 0.383 e. The number of aromatic nitrogens is 1. The van der Waals surface area contributed by atoms with E-state index in [1.165, 1.54) is 5.56 Å². The third-order valence-corrected chi connectivity index (χ3v) is 1.47. The Bertz CT molecular complexity index is 197. The first-order chi connectivity index (χ1) is 4.47. The van der Waals surface area contributed by atoms with E-state index in [0.29, 0.717) is 0 Å². The highest BCUT2D eigenvalue weighted by Gasteiger charge is 2.07. The maximum absolute atomic E-state index is 3.97. The standard InChI is InChI=1S/C7H7N2/c1-3-8-5-7-6(1)2-4-9-7/h1-3,5,9H,4H2. The van der Waals surface area contributed by atoms with Crippen molar-refractivity contribution in [1.29, 1.82) is 0 Å². The Balaban J connectivity index is 2.54. The molecular formula is C7H7N2. The van der Waals surface area contributed by atoms with Crippen LogP contribution in [0.3, 0.4) is 0 Å². The van der Waals surface area contributed by atoms with Crippen molar-refractivity contribution >= 4 is 5.69 Å². The summed E-state index contributed by atoms with van der Waals surface area (Å²) in [6, 6.07) is 2.01. The zero-order chi connectivity index (χ0) is 6.10. The molecule has 1 N–H and O–H groups in total. The lowest BCUT2D eigenvalue weighted by atomic mass is 10.2. The highest BCUT2D eigenvalue weighted by molar-refractivity contribution is 5.57. The highest BCUT2D eigenvalue weighted by Crippen LogP contribution is 2.20. The quantitative estimate of drug-likeness (QED) is 0.552. The molecule has 0 bridgehead atoms. The van der Waals surface area contributed by atoms with Crippen molar-refractivity contribution in [2.24, 2.45) is 0 Å². The second-order valence-corrected chi connectivity index (χ2v) is 2.05. The average Bonchev–Trinajstić information content (AvgIpc) is 2.33. The van der Waals surface area contributed by atoms with Crippen LogP contribution >= 0.6 is 0 Å². The minimum atomic E-state index is 0.945. The van der Waals surface area contributed by atoms with E-state index in [4.69, 9.17) is 0 Å². The Labute approximate surface area is 53.9 Å². The molecule has 1 aromatic rings. The van der Waals surface area contributed by atoms with E-state index >= 15 is 0 Å². The highest BCUT2D eigenvalue weighted by atomic mass is 14.9. The van der Waals surface area contributed by atoms with Crippen LogP contribution < -0.4 is 5.32 Å². The molecule has 1 aromatic heterocycles. The van der Waals surface area contributed by atoms with Gasteiger partial charge < -0.3 is 5.32 Å². The normalized spacial score (nSPS) is 14.7. The number of rotatable bonds is 0. The Morgan fingerprint density at radius 2 is 2.56 bits per heavy atom. The van der Waals surface area contributed by atoms with Gasteiger partial charge in [0, 0.05) is 19.2 Å². The van der Waals surface area contributed by atoms with Crippen molar-refractivity contribution in [2.75, 3.05) is 11.9 Å². The molecule has 0 aromatic carbocycles. The smallest absolute Gasteiger partial charge is 0.0563 e. The lowest BCUT2D eigenvalue weighted by Gasteiger charge is -1.93. The van der Waals surface area contributed by atoms with Gasteiger partial charge in [-0.25, -0.2) is 0 Å². The third-order valence-electron chi connectivity index (χ3n) is 1.47. The van der Waals surface area contributed by atoms with Crippen molar-refractivity contribution in [3.05, 3.63) is 30.4 Å². The van der Waals surface area contributed by atoms with Crippen LogP contribution in [-0.4, -0.2) is 11.5 Å². The first kappa shape index (κ1) is 4.79. The molecule has 0 saturated carbocycles. The number of anilines is 1. The van der Waals surface area contributed by atoms with Gasteiger partial charge in [0.05, 0.1) is 11.9 Å². The molecule has 1 radical (unpaired) electrons. The van der Waals surface area contributed by atoms with Crippen molar-refractivity contribution in [2.45, 2.75) is 0 Å². The maximum Gasteiger partial charge on any atom is 0.0563 e. The number of nitrogens with one attached hydrogen (secondary N) is 1. The first-order valence-electron chi connectivity index (χ1n) is 2.98. The summed E-state index contributed by atoms with van der Waals surface area (Å²) >= 11 is 0. The van der Waals surface area contributed by atoms with Crippen LogP contribution in [-0.2, 0) is 0 Å². The molecule has 2 heteroatoms. The van der Waals surface area contributed by atoms with Gasteiger partial charge in [0.25, 0.3) is 0 Å². The Hall–Kier alpha value is -1.05. The number of fused-ring (bicyclic) bond motifs is 1. The summed E-state index contributed by atoms with van der Waals surface area (Å²) in [5, 5.41) is 3.18. The fourth-order valence-electron chi connectivity index (χ4n) is 1.00. The molecule has 2 rings (SSSR count). The molecule has 0 spiro atoms. The van der Waals surface area contributed by atoms with Crippen LogP contribution in [0.5, 0.6) is 0 Å². The minimum absolute atomic E-state index is 0.945. The molecule has 0 unspecified atom stereocenters. The van der Waals surface area contributed by atoms with Gasteiger partial charge in [-0.1, -0.05) is 0 Å². The second-order valence-electron chi connectivity index (χ2n) is 2.05. The van der Waals surface area contributed by atoms with Gasteiger partial charge in [-0.05, 0) is 11.6 Å². The summed E-state index contributed by atoms with van der Waals surface area (Å²) in [7, 11) is 0. The van der Waals surface area contributed by atoms with E-state index in [1.54, 1.807) is 0 Å². The van der Waals surface area contributed by atoms with Crippen LogP contribution in [0.2, 0.25) is 0 Å². The Morgan fingerprint density at radius 3 is 3.44 bits per heavy atom. The predicted molar refractivity (Wildman–Crippen MR) is 36.1 cm³/mol. The van der Waals surface area contributed by atoms with E-state index in [-0.39, 0.29) is 0 Å². The lowest BCUT2D eigenvalue weighted by molar-refractivity contribution is 1.32. The van der Waals surface area contributed by atoms with Crippen molar-refractivity contribution in [1.82, 2.24) is 4.98 Å². The molecule has 9 heavy (non-hydrogen) atoms. The number of hydrogen-bond donors (Lipinski definition) is 1. The zero-order valence-corrected chi connectivity index (χ0v) is 4.96. The monoisotopic (exact) mass is 119 g/mol. The van der Waals surface area contributed by atoms with E-state index in [2.05, 4.69) is 16.7 Å². The molecule has 0 aliphatic carbocycles. The lowest BCUT2D eigenvalue weighted by Crippen LogP contribution is -1.89. The maximum atomic E-state index is 3.97. The van der Waals surface area contributed by atoms with Gasteiger partial charge in [-0.15, -0.1) is 0 Å². The van der Waals surface area contributed by atoms with Gasteiger partial charge in [-0.3, -0.25) is 4.98 Å². The Morgan fingerprint density at radius 1 is 1.56 bits per heavy atom. The second kappa shape index (κ2) is 1.72. The van der Waals surface area contributed by atoms with Crippen LogP contribution in [0.1, 0.15) is 5.56 Å². The summed E-state index contributed by atoms with van der Waals surface area (Å²) in [5.74, 6) is 0. The van der Waals surface area contributed by atoms with Gasteiger partial charge in [0.15, 0.2) is 0 Å². The van der Waals surface area contributed by atoms with Crippen molar-refractivity contribution in [3.63, 3.8) is 0 Å². The summed E-state index contributed by atoms with van der Waals surface area (Å²) in [4.78, 5) is 3.97. The van der Waals surface area contributed by atoms with E-state index < -0.39 is 0 Å². The fourth-order valence-corrected chi connectivity index (χ4v) is 1.00. The van der Waals surface area contributed by atoms with Crippen molar-refractivity contribution < 1.29 is 0 Å². The number of hydrogen-bond acceptors (Lipinski definition) is 2. The minimum Gasteiger partial charge on any atom is -0.383 e. The van der Waals surface area contributed by atoms with Crippen LogP contribution in [0.15, 0.2) is 18.5 Å². The van der Waals surface area contributed by atoms with Crippen LogP contribution in [0.4, 0.5) is 5.69 Å².